The minimum Gasteiger partial charge on any atom is -0.372 e. The highest BCUT2D eigenvalue weighted by molar-refractivity contribution is 6.39. The zero-order chi connectivity index (χ0) is 13.8. The average molecular weight is 303 g/mol. The van der Waals surface area contributed by atoms with E-state index in [0.29, 0.717) is 34.5 Å². The fraction of sp³-hybridized carbons (Fsp3) is 0.333. The molecule has 1 aliphatic heterocycles. The van der Waals surface area contributed by atoms with Crippen LogP contribution in [-0.2, 0) is 9.57 Å². The van der Waals surface area contributed by atoms with Gasteiger partial charge in [0.15, 0.2) is 0 Å². The van der Waals surface area contributed by atoms with Crippen LogP contribution in [0.5, 0.6) is 0 Å². The molecule has 0 spiro atoms. The Labute approximate surface area is 120 Å². The maximum absolute atomic E-state index is 11.6. The molecule has 1 aromatic carbocycles. The second-order valence-corrected chi connectivity index (χ2v) is 4.76. The Morgan fingerprint density at radius 1 is 1.47 bits per heavy atom. The van der Waals surface area contributed by atoms with E-state index in [-0.39, 0.29) is 6.10 Å². The van der Waals surface area contributed by atoms with Crippen LogP contribution in [0.2, 0.25) is 10.0 Å². The van der Waals surface area contributed by atoms with E-state index < -0.39 is 6.09 Å². The molecular weight excluding hydrogens is 291 g/mol. The number of benzene rings is 1. The third kappa shape index (κ3) is 3.59. The van der Waals surface area contributed by atoms with Crippen molar-refractivity contribution in [2.45, 2.75) is 19.4 Å². The third-order valence-electron chi connectivity index (χ3n) is 2.63. The van der Waals surface area contributed by atoms with Crippen LogP contribution in [0.1, 0.15) is 13.3 Å². The Kier molecular flexibility index (Phi) is 4.63. The van der Waals surface area contributed by atoms with Gasteiger partial charge in [0.25, 0.3) is 0 Å². The number of hydrogen-bond acceptors (Lipinski definition) is 4. The molecule has 0 aromatic heterocycles. The van der Waals surface area contributed by atoms with E-state index >= 15 is 0 Å². The number of nitrogens with zero attached hydrogens (tertiary/aromatic N) is 1. The van der Waals surface area contributed by atoms with Crippen LogP contribution in [0.4, 0.5) is 10.5 Å². The molecule has 1 fully saturated rings. The number of halogens is 2. The summed E-state index contributed by atoms with van der Waals surface area (Å²) in [7, 11) is 0. The van der Waals surface area contributed by atoms with Crippen LogP contribution in [0.3, 0.4) is 0 Å². The maximum Gasteiger partial charge on any atom is 0.437 e. The number of amides is 1. The Morgan fingerprint density at radius 2 is 2.16 bits per heavy atom. The number of carbonyl (C=O) groups is 1. The Balaban J connectivity index is 1.98. The van der Waals surface area contributed by atoms with Crippen LogP contribution in [0, 0.1) is 0 Å². The van der Waals surface area contributed by atoms with E-state index in [9.17, 15) is 4.79 Å². The minimum atomic E-state index is -0.749. The fourth-order valence-corrected chi connectivity index (χ4v) is 2.09. The monoisotopic (exact) mass is 302 g/mol. The molecule has 1 amide bonds. The SMILES string of the molecule is C[C@H]1OCC/C1=N\OC(=O)Nc1c(Cl)cccc1Cl. The number of oxime groups is 1. The summed E-state index contributed by atoms with van der Waals surface area (Å²) in [6, 6.07) is 4.91. The quantitative estimate of drug-likeness (QED) is 0.669. The van der Waals surface area contributed by atoms with E-state index in [0.717, 1.165) is 0 Å². The average Bonchev–Trinajstić information content (AvgIpc) is 2.77. The summed E-state index contributed by atoms with van der Waals surface area (Å²) in [4.78, 5) is 16.3. The zero-order valence-electron chi connectivity index (χ0n) is 10.2. The number of rotatable bonds is 2. The Hall–Kier alpha value is -1.30. The number of anilines is 1. The molecule has 0 radical (unpaired) electrons. The molecule has 2 rings (SSSR count). The van der Waals surface area contributed by atoms with Crippen molar-refractivity contribution in [2.24, 2.45) is 5.16 Å². The topological polar surface area (TPSA) is 59.9 Å². The van der Waals surface area contributed by atoms with Gasteiger partial charge in [-0.1, -0.05) is 34.4 Å². The van der Waals surface area contributed by atoms with Crippen LogP contribution >= 0.6 is 23.2 Å². The standard InChI is InChI=1S/C12H12Cl2N2O3/c1-7-10(5-6-18-7)16-19-12(17)15-11-8(13)3-2-4-9(11)14/h2-4,7H,5-6H2,1H3,(H,15,17)/b16-10+/t7-/m1/s1. The summed E-state index contributed by atoms with van der Waals surface area (Å²) >= 11 is 11.8. The van der Waals surface area contributed by atoms with Crippen molar-refractivity contribution in [3.8, 4) is 0 Å². The first-order valence-corrected chi connectivity index (χ1v) is 6.44. The van der Waals surface area contributed by atoms with Gasteiger partial charge in [0.05, 0.1) is 34.2 Å². The molecule has 7 heteroatoms. The largest absolute Gasteiger partial charge is 0.437 e. The normalized spacial score (nSPS) is 20.6. The second kappa shape index (κ2) is 6.23. The molecule has 1 saturated heterocycles. The molecule has 19 heavy (non-hydrogen) atoms. The second-order valence-electron chi connectivity index (χ2n) is 3.95. The summed E-state index contributed by atoms with van der Waals surface area (Å²) in [5.41, 5.74) is 0.993. The molecule has 1 atom stereocenters. The van der Waals surface area contributed by atoms with E-state index in [2.05, 4.69) is 10.5 Å². The number of nitrogens with one attached hydrogen (secondary N) is 1. The third-order valence-corrected chi connectivity index (χ3v) is 3.26. The molecule has 102 valence electrons. The Bertz CT molecular complexity index is 499. The van der Waals surface area contributed by atoms with Gasteiger partial charge in [-0.3, -0.25) is 10.2 Å². The van der Waals surface area contributed by atoms with Crippen molar-refractivity contribution in [1.29, 1.82) is 0 Å². The van der Waals surface area contributed by atoms with Gasteiger partial charge < -0.3 is 4.74 Å². The van der Waals surface area contributed by atoms with Gasteiger partial charge in [-0.25, -0.2) is 4.79 Å². The van der Waals surface area contributed by atoms with Crippen LogP contribution < -0.4 is 5.32 Å². The van der Waals surface area contributed by atoms with Crippen molar-refractivity contribution in [1.82, 2.24) is 0 Å². The van der Waals surface area contributed by atoms with Gasteiger partial charge >= 0.3 is 6.09 Å². The molecule has 1 N–H and O–H groups in total. The summed E-state index contributed by atoms with van der Waals surface area (Å²) in [5, 5.41) is 6.85. The molecule has 0 unspecified atom stereocenters. The molecule has 0 aliphatic carbocycles. The van der Waals surface area contributed by atoms with Crippen LogP contribution in [0.25, 0.3) is 0 Å². The zero-order valence-corrected chi connectivity index (χ0v) is 11.7. The van der Waals surface area contributed by atoms with Crippen molar-refractivity contribution < 1.29 is 14.4 Å². The summed E-state index contributed by atoms with van der Waals surface area (Å²) < 4.78 is 5.27. The van der Waals surface area contributed by atoms with E-state index in [4.69, 9.17) is 32.8 Å². The molecule has 1 heterocycles. The molecular formula is C12H12Cl2N2O3. The molecule has 1 aliphatic rings. The van der Waals surface area contributed by atoms with Gasteiger partial charge in [-0.15, -0.1) is 0 Å². The summed E-state index contributed by atoms with van der Waals surface area (Å²) in [6.07, 6.45) is -0.223. The Morgan fingerprint density at radius 3 is 2.74 bits per heavy atom. The number of ether oxygens (including phenoxy) is 1. The highest BCUT2D eigenvalue weighted by Crippen LogP contribution is 2.29. The van der Waals surface area contributed by atoms with Gasteiger partial charge in [0, 0.05) is 6.42 Å². The van der Waals surface area contributed by atoms with Crippen molar-refractivity contribution >= 4 is 40.7 Å². The predicted octanol–water partition coefficient (Wildman–Crippen LogP) is 3.71. The van der Waals surface area contributed by atoms with E-state index in [1.54, 1.807) is 18.2 Å². The van der Waals surface area contributed by atoms with Gasteiger partial charge in [-0.05, 0) is 19.1 Å². The van der Waals surface area contributed by atoms with Gasteiger partial charge in [0.1, 0.15) is 0 Å². The number of carbonyl (C=O) groups excluding carboxylic acids is 1. The van der Waals surface area contributed by atoms with Crippen molar-refractivity contribution in [2.75, 3.05) is 11.9 Å². The lowest BCUT2D eigenvalue weighted by Crippen LogP contribution is -2.15. The molecule has 0 bridgehead atoms. The van der Waals surface area contributed by atoms with Crippen LogP contribution in [-0.4, -0.2) is 24.5 Å². The highest BCUT2D eigenvalue weighted by atomic mass is 35.5. The lowest BCUT2D eigenvalue weighted by molar-refractivity contribution is 0.141. The maximum atomic E-state index is 11.6. The summed E-state index contributed by atoms with van der Waals surface area (Å²) in [5.74, 6) is 0. The first-order chi connectivity index (χ1) is 9.08. The van der Waals surface area contributed by atoms with Gasteiger partial charge in [-0.2, -0.15) is 0 Å². The predicted molar refractivity (Wildman–Crippen MR) is 74.0 cm³/mol. The van der Waals surface area contributed by atoms with E-state index in [1.165, 1.54) is 0 Å². The first kappa shape index (κ1) is 14.1. The highest BCUT2D eigenvalue weighted by Gasteiger charge is 2.20. The lowest BCUT2D eigenvalue weighted by Gasteiger charge is -2.07. The lowest BCUT2D eigenvalue weighted by atomic mass is 10.2. The van der Waals surface area contributed by atoms with Crippen LogP contribution in [0.15, 0.2) is 23.4 Å². The number of hydrogen-bond donors (Lipinski definition) is 1. The van der Waals surface area contributed by atoms with Gasteiger partial charge in [0.2, 0.25) is 0 Å². The van der Waals surface area contributed by atoms with Crippen molar-refractivity contribution in [3.05, 3.63) is 28.2 Å². The van der Waals surface area contributed by atoms with E-state index in [1.807, 2.05) is 6.92 Å². The number of para-hydroxylation sites is 1. The molecule has 1 aromatic rings. The fourth-order valence-electron chi connectivity index (χ4n) is 1.60. The smallest absolute Gasteiger partial charge is 0.372 e. The minimum absolute atomic E-state index is 0.128. The first-order valence-electron chi connectivity index (χ1n) is 5.68. The molecule has 5 nitrogen and oxygen atoms in total. The van der Waals surface area contributed by atoms with Crippen molar-refractivity contribution in [3.63, 3.8) is 0 Å². The molecule has 0 saturated carbocycles. The summed E-state index contributed by atoms with van der Waals surface area (Å²) in [6.45, 7) is 2.43.